The quantitative estimate of drug-likeness (QED) is 0.841. The lowest BCUT2D eigenvalue weighted by molar-refractivity contribution is -0.132. The van der Waals surface area contributed by atoms with E-state index in [9.17, 15) is 4.79 Å². The third kappa shape index (κ3) is 4.34. The third-order valence-corrected chi connectivity index (χ3v) is 3.82. The van der Waals surface area contributed by atoms with Crippen LogP contribution in [0.4, 0.5) is 0 Å². The first kappa shape index (κ1) is 15.0. The molecular weight excluding hydrogens is 248 g/mol. The molecule has 1 aliphatic rings. The van der Waals surface area contributed by atoms with Gasteiger partial charge in [0.1, 0.15) is 0 Å². The molecule has 1 amide bonds. The fraction of sp³-hybridized carbons (Fsp3) is 0.588. The van der Waals surface area contributed by atoms with Gasteiger partial charge in [0.25, 0.3) is 0 Å². The molecule has 0 bridgehead atoms. The van der Waals surface area contributed by atoms with Gasteiger partial charge in [0.2, 0.25) is 5.91 Å². The minimum absolute atomic E-state index is 0.262. The van der Waals surface area contributed by atoms with Gasteiger partial charge >= 0.3 is 0 Å². The van der Waals surface area contributed by atoms with Gasteiger partial charge < -0.3 is 4.90 Å². The van der Waals surface area contributed by atoms with Crippen molar-refractivity contribution in [2.24, 2.45) is 5.92 Å². The fourth-order valence-corrected chi connectivity index (χ4v) is 2.69. The van der Waals surface area contributed by atoms with Crippen molar-refractivity contribution < 1.29 is 4.79 Å². The Kier molecular flexibility index (Phi) is 5.18. The first-order valence-electron chi connectivity index (χ1n) is 7.60. The minimum atomic E-state index is 0.262. The molecule has 0 saturated carbocycles. The second-order valence-electron chi connectivity index (χ2n) is 6.24. The van der Waals surface area contributed by atoms with Gasteiger partial charge in [-0.15, -0.1) is 0 Å². The lowest BCUT2D eigenvalue weighted by Gasteiger charge is -2.35. The van der Waals surface area contributed by atoms with Crippen molar-refractivity contribution in [2.45, 2.75) is 27.2 Å². The Bertz CT molecular complexity index is 431. The standard InChI is InChI=1S/C17H26N2O/c1-14(2)13-18-8-10-19(11-9-18)17(20)12-16-6-4-15(3)5-7-16/h4-7,14H,8-13H2,1-3H3. The lowest BCUT2D eigenvalue weighted by atomic mass is 10.1. The number of aryl methyl sites for hydroxylation is 1. The molecule has 1 fully saturated rings. The van der Waals surface area contributed by atoms with E-state index in [1.807, 2.05) is 4.90 Å². The van der Waals surface area contributed by atoms with Gasteiger partial charge in [0.15, 0.2) is 0 Å². The van der Waals surface area contributed by atoms with Gasteiger partial charge in [-0.05, 0) is 18.4 Å². The molecule has 0 aromatic heterocycles. The zero-order valence-electron chi connectivity index (χ0n) is 12.9. The summed E-state index contributed by atoms with van der Waals surface area (Å²) in [5, 5.41) is 0. The summed E-state index contributed by atoms with van der Waals surface area (Å²) in [7, 11) is 0. The third-order valence-electron chi connectivity index (χ3n) is 3.82. The highest BCUT2D eigenvalue weighted by molar-refractivity contribution is 5.78. The van der Waals surface area contributed by atoms with Crippen LogP contribution in [0.15, 0.2) is 24.3 Å². The fourth-order valence-electron chi connectivity index (χ4n) is 2.69. The summed E-state index contributed by atoms with van der Waals surface area (Å²) in [4.78, 5) is 16.8. The maximum Gasteiger partial charge on any atom is 0.227 e. The first-order chi connectivity index (χ1) is 9.54. The summed E-state index contributed by atoms with van der Waals surface area (Å²) in [5.41, 5.74) is 2.36. The molecule has 1 heterocycles. The summed E-state index contributed by atoms with van der Waals surface area (Å²) in [6, 6.07) is 8.26. The van der Waals surface area contributed by atoms with E-state index in [0.29, 0.717) is 12.3 Å². The summed E-state index contributed by atoms with van der Waals surface area (Å²) in [6.45, 7) is 11.5. The highest BCUT2D eigenvalue weighted by Gasteiger charge is 2.21. The van der Waals surface area contributed by atoms with Crippen LogP contribution in [0, 0.1) is 12.8 Å². The average Bonchev–Trinajstić information content (AvgIpc) is 2.41. The van der Waals surface area contributed by atoms with E-state index in [4.69, 9.17) is 0 Å². The molecule has 0 spiro atoms. The number of amides is 1. The van der Waals surface area contributed by atoms with E-state index in [1.54, 1.807) is 0 Å². The van der Waals surface area contributed by atoms with E-state index in [-0.39, 0.29) is 5.91 Å². The van der Waals surface area contributed by atoms with Gasteiger partial charge in [-0.2, -0.15) is 0 Å². The van der Waals surface area contributed by atoms with Crippen molar-refractivity contribution in [1.29, 1.82) is 0 Å². The molecule has 1 aromatic rings. The molecule has 0 N–H and O–H groups in total. The van der Waals surface area contributed by atoms with Crippen molar-refractivity contribution >= 4 is 5.91 Å². The molecule has 2 rings (SSSR count). The molecule has 3 nitrogen and oxygen atoms in total. The van der Waals surface area contributed by atoms with Gasteiger partial charge in [-0.3, -0.25) is 9.69 Å². The van der Waals surface area contributed by atoms with E-state index in [1.165, 1.54) is 5.56 Å². The van der Waals surface area contributed by atoms with E-state index < -0.39 is 0 Å². The number of hydrogen-bond donors (Lipinski definition) is 0. The van der Waals surface area contributed by atoms with Crippen LogP contribution in [0.5, 0.6) is 0 Å². The zero-order chi connectivity index (χ0) is 14.5. The summed E-state index contributed by atoms with van der Waals surface area (Å²) >= 11 is 0. The predicted molar refractivity (Wildman–Crippen MR) is 82.7 cm³/mol. The van der Waals surface area contributed by atoms with Crippen LogP contribution in [0.1, 0.15) is 25.0 Å². The first-order valence-corrected chi connectivity index (χ1v) is 7.60. The van der Waals surface area contributed by atoms with Crippen LogP contribution in [0.3, 0.4) is 0 Å². The van der Waals surface area contributed by atoms with Gasteiger partial charge in [0.05, 0.1) is 6.42 Å². The molecule has 110 valence electrons. The average molecular weight is 274 g/mol. The van der Waals surface area contributed by atoms with Crippen LogP contribution in [-0.2, 0) is 11.2 Å². The second-order valence-corrected chi connectivity index (χ2v) is 6.24. The molecule has 1 saturated heterocycles. The highest BCUT2D eigenvalue weighted by Crippen LogP contribution is 2.09. The Morgan fingerprint density at radius 3 is 2.25 bits per heavy atom. The van der Waals surface area contributed by atoms with Crippen LogP contribution < -0.4 is 0 Å². The number of carbonyl (C=O) groups excluding carboxylic acids is 1. The lowest BCUT2D eigenvalue weighted by Crippen LogP contribution is -2.49. The molecule has 0 aliphatic carbocycles. The number of rotatable bonds is 4. The zero-order valence-corrected chi connectivity index (χ0v) is 12.9. The molecule has 3 heteroatoms. The molecule has 1 aliphatic heterocycles. The van der Waals surface area contributed by atoms with Crippen LogP contribution >= 0.6 is 0 Å². The summed E-state index contributed by atoms with van der Waals surface area (Å²) in [6.07, 6.45) is 0.532. The Morgan fingerprint density at radius 2 is 1.70 bits per heavy atom. The smallest absolute Gasteiger partial charge is 0.227 e. The molecule has 0 unspecified atom stereocenters. The van der Waals surface area contributed by atoms with E-state index in [2.05, 4.69) is 49.9 Å². The monoisotopic (exact) mass is 274 g/mol. The molecule has 0 atom stereocenters. The Morgan fingerprint density at radius 1 is 1.10 bits per heavy atom. The predicted octanol–water partition coefficient (Wildman–Crippen LogP) is 2.34. The molecule has 20 heavy (non-hydrogen) atoms. The number of piperazine rings is 1. The molecule has 0 radical (unpaired) electrons. The maximum atomic E-state index is 12.3. The molecule has 1 aromatic carbocycles. The largest absolute Gasteiger partial charge is 0.340 e. The van der Waals surface area contributed by atoms with Crippen molar-refractivity contribution in [1.82, 2.24) is 9.80 Å². The normalized spacial score (nSPS) is 16.7. The van der Waals surface area contributed by atoms with E-state index in [0.717, 1.165) is 38.3 Å². The van der Waals surface area contributed by atoms with Crippen molar-refractivity contribution in [3.05, 3.63) is 35.4 Å². The number of nitrogens with zero attached hydrogens (tertiary/aromatic N) is 2. The summed E-state index contributed by atoms with van der Waals surface area (Å²) < 4.78 is 0. The Hall–Kier alpha value is -1.35. The highest BCUT2D eigenvalue weighted by atomic mass is 16.2. The van der Waals surface area contributed by atoms with Crippen LogP contribution in [0.2, 0.25) is 0 Å². The van der Waals surface area contributed by atoms with Gasteiger partial charge in [-0.1, -0.05) is 43.7 Å². The second kappa shape index (κ2) is 6.89. The van der Waals surface area contributed by atoms with Gasteiger partial charge in [-0.25, -0.2) is 0 Å². The maximum absolute atomic E-state index is 12.3. The number of hydrogen-bond acceptors (Lipinski definition) is 2. The number of benzene rings is 1. The summed E-state index contributed by atoms with van der Waals surface area (Å²) in [5.74, 6) is 0.961. The SMILES string of the molecule is Cc1ccc(CC(=O)N2CCN(CC(C)C)CC2)cc1. The Balaban J connectivity index is 1.81. The van der Waals surface area contributed by atoms with Crippen LogP contribution in [0.25, 0.3) is 0 Å². The van der Waals surface area contributed by atoms with Crippen molar-refractivity contribution in [3.63, 3.8) is 0 Å². The van der Waals surface area contributed by atoms with Crippen molar-refractivity contribution in [3.8, 4) is 0 Å². The van der Waals surface area contributed by atoms with Crippen LogP contribution in [-0.4, -0.2) is 48.4 Å². The molecular formula is C17H26N2O. The minimum Gasteiger partial charge on any atom is -0.340 e. The number of carbonyl (C=O) groups is 1. The van der Waals surface area contributed by atoms with Gasteiger partial charge in [0, 0.05) is 32.7 Å². The topological polar surface area (TPSA) is 23.6 Å². The van der Waals surface area contributed by atoms with Crippen molar-refractivity contribution in [2.75, 3.05) is 32.7 Å². The van der Waals surface area contributed by atoms with E-state index >= 15 is 0 Å². The Labute approximate surface area is 122 Å².